The number of aromatic amines is 1. The largest absolute Gasteiger partial charge is 0.328 e. The minimum Gasteiger partial charge on any atom is -0.296 e. The first kappa shape index (κ1) is 15.6. The number of carbonyl (C=O) groups excluding carboxylic acids is 2. The molecule has 0 aliphatic carbocycles. The van der Waals surface area contributed by atoms with Crippen molar-refractivity contribution in [1.82, 2.24) is 9.55 Å². The van der Waals surface area contributed by atoms with Gasteiger partial charge in [0, 0.05) is 12.3 Å². The number of aromatic nitrogens is 2. The lowest BCUT2D eigenvalue weighted by Crippen LogP contribution is -2.37. The van der Waals surface area contributed by atoms with Crippen LogP contribution in [0.3, 0.4) is 0 Å². The van der Waals surface area contributed by atoms with E-state index in [1.54, 1.807) is 31.2 Å². The molecule has 1 aromatic carbocycles. The van der Waals surface area contributed by atoms with E-state index in [-0.39, 0.29) is 6.54 Å². The molecule has 0 spiro atoms. The molecular formula is C16H14N4O4. The standard InChI is InChI=1S/C16H14N4O4/c1-10-14(12(21)9-19-8-7-13(22)17-16(19)24)15(23)20(18-10)11-5-3-2-4-6-11/h2-8,14H,9H2,1H3,(H,17,22,24). The first-order chi connectivity index (χ1) is 11.5. The number of nitrogens with zero attached hydrogens (tertiary/aromatic N) is 3. The van der Waals surface area contributed by atoms with Crippen molar-refractivity contribution in [3.8, 4) is 0 Å². The second kappa shape index (κ2) is 6.07. The Morgan fingerprint density at radius 2 is 1.88 bits per heavy atom. The lowest BCUT2D eigenvalue weighted by molar-refractivity contribution is -0.129. The minimum atomic E-state index is -1.04. The van der Waals surface area contributed by atoms with E-state index in [9.17, 15) is 19.2 Å². The summed E-state index contributed by atoms with van der Waals surface area (Å²) in [6.07, 6.45) is 1.22. The molecule has 1 unspecified atom stereocenters. The van der Waals surface area contributed by atoms with Gasteiger partial charge in [-0.2, -0.15) is 10.1 Å². The maximum atomic E-state index is 12.5. The van der Waals surface area contributed by atoms with E-state index in [0.29, 0.717) is 11.4 Å². The third-order valence-corrected chi connectivity index (χ3v) is 3.68. The van der Waals surface area contributed by atoms with E-state index < -0.39 is 28.9 Å². The van der Waals surface area contributed by atoms with Crippen LogP contribution in [-0.4, -0.2) is 27.0 Å². The minimum absolute atomic E-state index is 0.318. The smallest absolute Gasteiger partial charge is 0.296 e. The number of hydrazone groups is 1. The van der Waals surface area contributed by atoms with Gasteiger partial charge in [0.2, 0.25) is 0 Å². The van der Waals surface area contributed by atoms with Crippen molar-refractivity contribution in [2.45, 2.75) is 13.5 Å². The van der Waals surface area contributed by atoms with Crippen LogP contribution in [0.1, 0.15) is 6.92 Å². The zero-order valence-electron chi connectivity index (χ0n) is 12.8. The molecule has 122 valence electrons. The highest BCUT2D eigenvalue weighted by Gasteiger charge is 2.39. The van der Waals surface area contributed by atoms with Crippen LogP contribution in [0.4, 0.5) is 5.69 Å². The van der Waals surface area contributed by atoms with Gasteiger partial charge < -0.3 is 0 Å². The quantitative estimate of drug-likeness (QED) is 0.807. The molecule has 1 aliphatic heterocycles. The lowest BCUT2D eigenvalue weighted by Gasteiger charge is -2.14. The van der Waals surface area contributed by atoms with E-state index in [2.05, 4.69) is 10.1 Å². The fraction of sp³-hybridized carbons (Fsp3) is 0.188. The van der Waals surface area contributed by atoms with E-state index >= 15 is 0 Å². The van der Waals surface area contributed by atoms with Gasteiger partial charge in [0.05, 0.1) is 17.9 Å². The van der Waals surface area contributed by atoms with Crippen LogP contribution < -0.4 is 16.3 Å². The number of anilines is 1. The SMILES string of the molecule is CC1=NN(c2ccccc2)C(=O)C1C(=O)Cn1ccc(=O)[nH]c1=O. The van der Waals surface area contributed by atoms with Crippen LogP contribution in [0, 0.1) is 5.92 Å². The highest BCUT2D eigenvalue weighted by molar-refractivity contribution is 6.26. The summed E-state index contributed by atoms with van der Waals surface area (Å²) in [5.41, 5.74) is -0.311. The number of ketones is 1. The first-order valence-electron chi connectivity index (χ1n) is 7.24. The molecular weight excluding hydrogens is 312 g/mol. The predicted octanol–water partition coefficient (Wildman–Crippen LogP) is 0.145. The van der Waals surface area contributed by atoms with E-state index in [1.807, 2.05) is 6.07 Å². The Kier molecular flexibility index (Phi) is 3.95. The average Bonchev–Trinajstić information content (AvgIpc) is 2.85. The molecule has 1 aliphatic rings. The molecule has 1 amide bonds. The van der Waals surface area contributed by atoms with E-state index in [0.717, 1.165) is 10.6 Å². The zero-order chi connectivity index (χ0) is 17.3. The summed E-state index contributed by atoms with van der Waals surface area (Å²) in [6, 6.07) is 9.92. The summed E-state index contributed by atoms with van der Waals surface area (Å²) in [5.74, 6) is -1.96. The molecule has 0 bridgehead atoms. The molecule has 2 heterocycles. The molecule has 3 rings (SSSR count). The van der Waals surface area contributed by atoms with Gasteiger partial charge in [-0.25, -0.2) is 4.79 Å². The van der Waals surface area contributed by atoms with Crippen molar-refractivity contribution in [3.05, 3.63) is 63.4 Å². The molecule has 8 nitrogen and oxygen atoms in total. The number of nitrogens with one attached hydrogen (secondary N) is 1. The molecule has 0 radical (unpaired) electrons. The highest BCUT2D eigenvalue weighted by atomic mass is 16.2. The number of Topliss-reactive ketones (excluding diaryl/α,β-unsaturated/α-hetero) is 1. The number of para-hydroxylation sites is 1. The Morgan fingerprint density at radius 1 is 1.17 bits per heavy atom. The number of benzene rings is 1. The van der Waals surface area contributed by atoms with Crippen molar-refractivity contribution < 1.29 is 9.59 Å². The molecule has 8 heteroatoms. The fourth-order valence-electron chi connectivity index (χ4n) is 2.52. The number of hydrogen-bond acceptors (Lipinski definition) is 5. The van der Waals surface area contributed by atoms with Crippen LogP contribution in [0.15, 0.2) is 57.3 Å². The third kappa shape index (κ3) is 2.81. The van der Waals surface area contributed by atoms with Gasteiger partial charge in [-0.05, 0) is 19.1 Å². The Labute approximate surface area is 136 Å². The van der Waals surface area contributed by atoms with Crippen molar-refractivity contribution in [3.63, 3.8) is 0 Å². The molecule has 2 aromatic rings. The van der Waals surface area contributed by atoms with Crippen molar-refractivity contribution in [1.29, 1.82) is 0 Å². The molecule has 1 aromatic heterocycles. The monoisotopic (exact) mass is 326 g/mol. The second-order valence-electron chi connectivity index (χ2n) is 5.36. The second-order valence-corrected chi connectivity index (χ2v) is 5.36. The molecule has 0 saturated carbocycles. The number of hydrogen-bond donors (Lipinski definition) is 1. The topological polar surface area (TPSA) is 105 Å². The van der Waals surface area contributed by atoms with Crippen molar-refractivity contribution in [2.24, 2.45) is 11.0 Å². The molecule has 0 saturated heterocycles. The summed E-state index contributed by atoms with van der Waals surface area (Å²) in [6.45, 7) is 1.28. The summed E-state index contributed by atoms with van der Waals surface area (Å²) in [4.78, 5) is 49.8. The maximum absolute atomic E-state index is 12.5. The van der Waals surface area contributed by atoms with Crippen molar-refractivity contribution in [2.75, 3.05) is 5.01 Å². The molecule has 0 fully saturated rings. The van der Waals surface area contributed by atoms with Crippen LogP contribution in [0.2, 0.25) is 0 Å². The third-order valence-electron chi connectivity index (χ3n) is 3.68. The summed E-state index contributed by atoms with van der Waals surface area (Å²) in [5, 5.41) is 5.34. The van der Waals surface area contributed by atoms with Crippen LogP contribution >= 0.6 is 0 Å². The number of H-pyrrole nitrogens is 1. The predicted molar refractivity (Wildman–Crippen MR) is 86.9 cm³/mol. The van der Waals surface area contributed by atoms with Gasteiger partial charge in [-0.15, -0.1) is 0 Å². The van der Waals surface area contributed by atoms with E-state index in [4.69, 9.17) is 0 Å². The summed E-state index contributed by atoms with van der Waals surface area (Å²) >= 11 is 0. The zero-order valence-corrected chi connectivity index (χ0v) is 12.8. The number of rotatable bonds is 4. The Morgan fingerprint density at radius 3 is 2.54 bits per heavy atom. The number of amides is 1. The molecule has 24 heavy (non-hydrogen) atoms. The number of carbonyl (C=O) groups is 2. The van der Waals surface area contributed by atoms with E-state index in [1.165, 1.54) is 11.2 Å². The van der Waals surface area contributed by atoms with Crippen LogP contribution in [0.5, 0.6) is 0 Å². The normalized spacial score (nSPS) is 17.0. The Bertz CT molecular complexity index is 942. The summed E-state index contributed by atoms with van der Waals surface area (Å²) < 4.78 is 1.05. The maximum Gasteiger partial charge on any atom is 0.328 e. The summed E-state index contributed by atoms with van der Waals surface area (Å²) in [7, 11) is 0. The Hall–Kier alpha value is -3.29. The van der Waals surface area contributed by atoms with Gasteiger partial charge >= 0.3 is 5.69 Å². The van der Waals surface area contributed by atoms with Gasteiger partial charge in [-0.1, -0.05) is 18.2 Å². The fourth-order valence-corrected chi connectivity index (χ4v) is 2.52. The first-order valence-corrected chi connectivity index (χ1v) is 7.24. The lowest BCUT2D eigenvalue weighted by atomic mass is 9.99. The Balaban J connectivity index is 1.83. The highest BCUT2D eigenvalue weighted by Crippen LogP contribution is 2.24. The molecule has 1 atom stereocenters. The van der Waals surface area contributed by atoms with Gasteiger partial charge in [0.15, 0.2) is 5.78 Å². The van der Waals surface area contributed by atoms with Gasteiger partial charge in [0.1, 0.15) is 5.92 Å². The molecule has 1 N–H and O–H groups in total. The van der Waals surface area contributed by atoms with Crippen molar-refractivity contribution >= 4 is 23.1 Å². The van der Waals surface area contributed by atoms with Gasteiger partial charge in [-0.3, -0.25) is 23.9 Å². The average molecular weight is 326 g/mol. The van der Waals surface area contributed by atoms with Gasteiger partial charge in [0.25, 0.3) is 11.5 Å². The van der Waals surface area contributed by atoms with Crippen LogP contribution in [-0.2, 0) is 16.1 Å². The van der Waals surface area contributed by atoms with Crippen LogP contribution in [0.25, 0.3) is 0 Å².